The molecule has 1 aliphatic rings. The van der Waals surface area contributed by atoms with Crippen molar-refractivity contribution in [1.29, 1.82) is 0 Å². The third-order valence-electron chi connectivity index (χ3n) is 16.0. The number of hydrogen-bond donors (Lipinski definition) is 6. The lowest BCUT2D eigenvalue weighted by molar-refractivity contribution is 0.250. The second kappa shape index (κ2) is 34.1. The number of piperazine rings is 1. The van der Waals surface area contributed by atoms with Crippen molar-refractivity contribution in [2.24, 2.45) is 0 Å². The predicted molar refractivity (Wildman–Crippen MR) is 415 cm³/mol. The largest absolute Gasteiger partial charge is 0.508 e. The van der Waals surface area contributed by atoms with Gasteiger partial charge < -0.3 is 31.3 Å². The fraction of sp³-hybridized carbons (Fsp3) is 0.203. The topological polar surface area (TPSA) is 261 Å². The van der Waals surface area contributed by atoms with E-state index in [4.69, 9.17) is 0 Å². The van der Waals surface area contributed by atoms with E-state index in [1.165, 1.54) is 16.8 Å². The van der Waals surface area contributed by atoms with Crippen molar-refractivity contribution in [2.75, 3.05) is 65.4 Å². The van der Waals surface area contributed by atoms with Crippen molar-refractivity contribution in [1.82, 2.24) is 79.8 Å². The van der Waals surface area contributed by atoms with Gasteiger partial charge in [0.05, 0.1) is 54.5 Å². The number of halogens is 1. The number of aromatic nitrogens is 14. The summed E-state index contributed by atoms with van der Waals surface area (Å²) in [5.74, 6) is 2.49. The molecule has 15 rings (SSSR count). The lowest BCUT2D eigenvalue weighted by Gasteiger charge is -2.36. The molecule has 0 unspecified atom stereocenters. The Hall–Kier alpha value is -10.4. The Kier molecular flexibility index (Phi) is 23.8. The van der Waals surface area contributed by atoms with Gasteiger partial charge in [-0.25, -0.2) is 59.8 Å². The first-order valence-electron chi connectivity index (χ1n) is 32.7. The Bertz CT molecular complexity index is 4990. The zero-order valence-corrected chi connectivity index (χ0v) is 61.5. The average Bonchev–Trinajstić information content (AvgIpc) is 1.84. The van der Waals surface area contributed by atoms with Gasteiger partial charge in [-0.2, -0.15) is 5.10 Å². The van der Waals surface area contributed by atoms with Gasteiger partial charge in [-0.05, 0) is 156 Å². The molecule has 6 N–H and O–H groups in total. The van der Waals surface area contributed by atoms with E-state index in [0.29, 0.717) is 36.1 Å². The van der Waals surface area contributed by atoms with Gasteiger partial charge in [0.2, 0.25) is 23.8 Å². The molecule has 0 amide bonds. The van der Waals surface area contributed by atoms with E-state index in [0.717, 1.165) is 155 Å². The molecule has 1 aliphatic heterocycles. The maximum atomic E-state index is 10.1. The molecular weight excluding hydrogens is 1410 g/mol. The van der Waals surface area contributed by atoms with E-state index in [1.54, 1.807) is 82.4 Å². The van der Waals surface area contributed by atoms with Crippen molar-refractivity contribution in [3.8, 4) is 51.3 Å². The van der Waals surface area contributed by atoms with Crippen LogP contribution < -0.4 is 26.2 Å². The standard InChI is InChI=1S/C25H26N6S.C19H23N5OS.C15H13BrN4S.C15H12N6S/c1-19-27-24(18-32-19)23-11-12-26-25(29-23)28-21-7-9-22(10-8-21)31-15-13-30(14-16-31)17-20-5-3-2-4-6-20;1-4-24(5-2)11-14-10-15(6-7-18(14)25)22-19-20-9-8-16(23-19)17-12-26-13(3)21-17;1-9-3-4-11(7-12(9)16)19-15-17-6-5-13(20-15)14-8-21-10(2)18-14;1-9-18-14(8-22-9)12-4-5-16-15(20-12)19-11-3-2-10-7-17-21-13(10)6-11/h2-12,18H,13-17H2,1H3,(H,26,28,29);6-10,12,25H,4-5,11H2,1-3H3,(H,20,22,23);3-8H,1-2H3,(H,17,19,20);2-8H,1H3,(H,17,21)(H,16,19,20). The number of rotatable bonds is 19. The number of thiazole rings is 4. The van der Waals surface area contributed by atoms with E-state index in [9.17, 15) is 5.11 Å². The Morgan fingerprint density at radius 1 is 0.475 bits per heavy atom. The average molecular weight is 1480 g/mol. The first-order chi connectivity index (χ1) is 49.2. The molecule has 9 aromatic heterocycles. The van der Waals surface area contributed by atoms with Crippen LogP contribution in [-0.4, -0.2) is 124 Å². The normalized spacial score (nSPS) is 12.0. The fourth-order valence-electron chi connectivity index (χ4n) is 10.6. The second-order valence-corrected chi connectivity index (χ2v) is 28.4. The minimum atomic E-state index is 0.301. The fourth-order valence-corrected chi connectivity index (χ4v) is 13.4. The lowest BCUT2D eigenvalue weighted by Crippen LogP contribution is -2.45. The summed E-state index contributed by atoms with van der Waals surface area (Å²) in [5, 5.41) is 43.2. The van der Waals surface area contributed by atoms with Crippen LogP contribution >= 0.6 is 61.3 Å². The van der Waals surface area contributed by atoms with Gasteiger partial charge >= 0.3 is 0 Å². The van der Waals surface area contributed by atoms with Crippen molar-refractivity contribution >= 4 is 124 Å². The zero-order valence-electron chi connectivity index (χ0n) is 56.7. The monoisotopic (exact) mass is 1480 g/mol. The van der Waals surface area contributed by atoms with Crippen LogP contribution in [0, 0.1) is 34.6 Å². The van der Waals surface area contributed by atoms with Gasteiger partial charge in [0.1, 0.15) is 28.5 Å². The van der Waals surface area contributed by atoms with Gasteiger partial charge in [-0.1, -0.05) is 66.2 Å². The number of aromatic hydroxyl groups is 1. The zero-order chi connectivity index (χ0) is 70.0. The van der Waals surface area contributed by atoms with Crippen molar-refractivity contribution in [2.45, 2.75) is 61.6 Å². The Labute approximate surface area is 610 Å². The minimum Gasteiger partial charge on any atom is -0.508 e. The van der Waals surface area contributed by atoms with Gasteiger partial charge in [0.25, 0.3) is 0 Å². The van der Waals surface area contributed by atoms with E-state index < -0.39 is 0 Å². The van der Waals surface area contributed by atoms with Crippen LogP contribution in [0.15, 0.2) is 190 Å². The van der Waals surface area contributed by atoms with Gasteiger partial charge in [-0.15, -0.1) is 45.3 Å². The number of phenolic OH excluding ortho intramolecular Hbond substituents is 1. The van der Waals surface area contributed by atoms with Crippen LogP contribution in [0.4, 0.5) is 52.2 Å². The van der Waals surface area contributed by atoms with E-state index in [1.807, 2.05) is 122 Å². The quantitative estimate of drug-likeness (QED) is 0.0411. The summed E-state index contributed by atoms with van der Waals surface area (Å²) in [7, 11) is 0. The maximum Gasteiger partial charge on any atom is 0.227 e. The molecule has 27 heteroatoms. The first-order valence-corrected chi connectivity index (χ1v) is 37.0. The Morgan fingerprint density at radius 3 is 1.37 bits per heavy atom. The van der Waals surface area contributed by atoms with Crippen molar-refractivity contribution in [3.05, 3.63) is 227 Å². The molecule has 101 heavy (non-hydrogen) atoms. The first kappa shape index (κ1) is 70.5. The third-order valence-corrected chi connectivity index (χ3v) is 20.0. The number of aromatic amines is 1. The number of benzene rings is 5. The summed E-state index contributed by atoms with van der Waals surface area (Å²) < 4.78 is 1.05. The predicted octanol–water partition coefficient (Wildman–Crippen LogP) is 17.4. The summed E-state index contributed by atoms with van der Waals surface area (Å²) in [6.45, 7) is 22.0. The van der Waals surface area contributed by atoms with Crippen LogP contribution in [0.1, 0.15) is 50.6 Å². The van der Waals surface area contributed by atoms with E-state index in [2.05, 4.69) is 197 Å². The van der Waals surface area contributed by atoms with Crippen LogP contribution in [-0.2, 0) is 13.1 Å². The molecule has 1 saturated heterocycles. The molecule has 5 aromatic carbocycles. The molecule has 0 aliphatic carbocycles. The third kappa shape index (κ3) is 19.8. The SMILES string of the molecule is CCN(CC)Cc1cc(Nc2nccc(-c3csc(C)n3)n2)ccc1O.Cc1nc(-c2ccnc(Nc3ccc(C)c(Br)c3)n2)cs1.Cc1nc(-c2ccnc(Nc3ccc(N4CCN(Cc5ccccc5)CC4)cc3)n2)cs1.Cc1nc(-c2ccnc(Nc3ccc4cn[nH]c4c3)n2)cs1. The summed E-state index contributed by atoms with van der Waals surface area (Å²) in [5.41, 5.74) is 16.1. The van der Waals surface area contributed by atoms with Gasteiger partial charge in [-0.3, -0.25) is 14.9 Å². The number of phenols is 1. The molecule has 0 bridgehead atoms. The molecule has 14 aromatic rings. The van der Waals surface area contributed by atoms with Gasteiger partial charge in [0.15, 0.2) is 0 Å². The molecular formula is C74H74BrN21OS4. The highest BCUT2D eigenvalue weighted by Crippen LogP contribution is 2.30. The smallest absolute Gasteiger partial charge is 0.227 e. The number of hydrogen-bond acceptors (Lipinski definition) is 25. The maximum absolute atomic E-state index is 10.1. The number of nitrogens with zero attached hydrogens (tertiary/aromatic N) is 16. The number of nitrogens with one attached hydrogen (secondary N) is 5. The number of anilines is 9. The van der Waals surface area contributed by atoms with Crippen LogP contribution in [0.5, 0.6) is 5.75 Å². The molecule has 512 valence electrons. The summed E-state index contributed by atoms with van der Waals surface area (Å²) in [4.78, 5) is 60.5. The lowest BCUT2D eigenvalue weighted by atomic mass is 10.1. The highest BCUT2D eigenvalue weighted by molar-refractivity contribution is 9.10. The highest BCUT2D eigenvalue weighted by Gasteiger charge is 2.19. The molecule has 1 fully saturated rings. The minimum absolute atomic E-state index is 0.301. The van der Waals surface area contributed by atoms with E-state index in [-0.39, 0.29) is 0 Å². The van der Waals surface area contributed by atoms with E-state index >= 15 is 0 Å². The summed E-state index contributed by atoms with van der Waals surface area (Å²) in [6, 6.07) is 44.2. The highest BCUT2D eigenvalue weighted by atomic mass is 79.9. The van der Waals surface area contributed by atoms with Gasteiger partial charge in [0, 0.05) is 129 Å². The number of aryl methyl sites for hydroxylation is 5. The summed E-state index contributed by atoms with van der Waals surface area (Å²) >= 11 is 9.97. The number of H-pyrrole nitrogens is 1. The van der Waals surface area contributed by atoms with Crippen molar-refractivity contribution < 1.29 is 5.11 Å². The Balaban J connectivity index is 0.000000129. The Morgan fingerprint density at radius 2 is 0.911 bits per heavy atom. The molecule has 0 atom stereocenters. The second-order valence-electron chi connectivity index (χ2n) is 23.3. The molecule has 0 radical (unpaired) electrons. The van der Waals surface area contributed by atoms with Crippen LogP contribution in [0.3, 0.4) is 0 Å². The molecule has 0 spiro atoms. The molecule has 0 saturated carbocycles. The summed E-state index contributed by atoms with van der Waals surface area (Å²) in [6.07, 6.45) is 8.75. The molecule has 10 heterocycles. The van der Waals surface area contributed by atoms with Crippen molar-refractivity contribution in [3.63, 3.8) is 0 Å². The van der Waals surface area contributed by atoms with Crippen LogP contribution in [0.2, 0.25) is 0 Å². The molecule has 22 nitrogen and oxygen atoms in total. The number of fused-ring (bicyclic) bond motifs is 1. The van der Waals surface area contributed by atoms with Crippen LogP contribution in [0.25, 0.3) is 56.5 Å².